The van der Waals surface area contributed by atoms with Crippen LogP contribution < -0.4 is 34.4 Å². The first-order chi connectivity index (χ1) is 5.10. The highest BCUT2D eigenvalue weighted by molar-refractivity contribution is 5.60. The van der Waals surface area contributed by atoms with Gasteiger partial charge in [-0.1, -0.05) is 0 Å². The molecule has 0 aromatic rings. The summed E-state index contributed by atoms with van der Waals surface area (Å²) in [6.07, 6.45) is -1.37. The van der Waals surface area contributed by atoms with E-state index >= 15 is 0 Å². The molecule has 0 saturated carbocycles. The molecule has 0 aliphatic heterocycles. The van der Waals surface area contributed by atoms with Crippen molar-refractivity contribution in [2.24, 2.45) is 34.4 Å². The van der Waals surface area contributed by atoms with E-state index in [1.165, 1.54) is 0 Å². The van der Waals surface area contributed by atoms with Gasteiger partial charge in [0.15, 0.2) is 0 Å². The molecule has 0 bridgehead atoms. The zero-order valence-electron chi connectivity index (χ0n) is 6.19. The monoisotopic (exact) mass is 180 g/mol. The Balaban J connectivity index is 3.92. The van der Waals surface area contributed by atoms with E-state index in [1.54, 1.807) is 0 Å². The summed E-state index contributed by atoms with van der Waals surface area (Å²) in [5.74, 6) is -4.30. The highest BCUT2D eigenvalue weighted by atomic mass is 16.8. The summed E-state index contributed by atoms with van der Waals surface area (Å²) in [6.45, 7) is 0. The third-order valence-electron chi connectivity index (χ3n) is 0.520. The first-order valence-corrected chi connectivity index (χ1v) is 2.75. The van der Waals surface area contributed by atoms with Gasteiger partial charge in [-0.2, -0.15) is 0 Å². The molecule has 0 heterocycles. The highest BCUT2D eigenvalue weighted by Crippen LogP contribution is 1.93. The lowest BCUT2D eigenvalue weighted by Crippen LogP contribution is -2.64. The van der Waals surface area contributed by atoms with Crippen molar-refractivity contribution in [3.8, 4) is 0 Å². The van der Waals surface area contributed by atoms with Crippen LogP contribution in [0.3, 0.4) is 0 Å². The molecule has 0 aliphatic rings. The summed E-state index contributed by atoms with van der Waals surface area (Å²) in [6, 6.07) is 0. The molecule has 0 radical (unpaired) electrons. The SMILES string of the molecule is NC(N)(N)OC(=O)OC(N)(N)N. The van der Waals surface area contributed by atoms with Crippen LogP contribution >= 0.6 is 0 Å². The lowest BCUT2D eigenvalue weighted by atomic mass is 10.8. The number of hydrogen-bond acceptors (Lipinski definition) is 9. The van der Waals surface area contributed by atoms with Gasteiger partial charge in [0.1, 0.15) is 0 Å². The lowest BCUT2D eigenvalue weighted by Gasteiger charge is -2.22. The molecule has 0 amide bonds. The van der Waals surface area contributed by atoms with E-state index in [9.17, 15) is 4.79 Å². The van der Waals surface area contributed by atoms with Gasteiger partial charge in [-0.3, -0.25) is 34.4 Å². The maximum Gasteiger partial charge on any atom is 0.515 e. The molecule has 0 rings (SSSR count). The van der Waals surface area contributed by atoms with E-state index in [4.69, 9.17) is 34.4 Å². The summed E-state index contributed by atoms with van der Waals surface area (Å²) in [5, 5.41) is 0. The van der Waals surface area contributed by atoms with Crippen molar-refractivity contribution in [1.82, 2.24) is 0 Å². The molecule has 12 heavy (non-hydrogen) atoms. The predicted octanol–water partition coefficient (Wildman–Crippen LogP) is -3.89. The molecule has 0 aliphatic carbocycles. The van der Waals surface area contributed by atoms with Gasteiger partial charge in [0.2, 0.25) is 0 Å². The molecule has 0 unspecified atom stereocenters. The molecular weight excluding hydrogens is 168 g/mol. The number of ether oxygens (including phenoxy) is 2. The van der Waals surface area contributed by atoms with Crippen LogP contribution in [0.2, 0.25) is 0 Å². The van der Waals surface area contributed by atoms with Gasteiger partial charge in [-0.25, -0.2) is 4.79 Å². The second-order valence-electron chi connectivity index (χ2n) is 2.16. The number of rotatable bonds is 2. The van der Waals surface area contributed by atoms with E-state index in [-0.39, 0.29) is 0 Å². The Kier molecular flexibility index (Phi) is 2.93. The number of nitrogens with two attached hydrogens (primary N) is 6. The minimum atomic E-state index is -2.15. The Morgan fingerprint density at radius 1 is 0.833 bits per heavy atom. The second-order valence-corrected chi connectivity index (χ2v) is 2.16. The van der Waals surface area contributed by atoms with E-state index in [0.717, 1.165) is 0 Å². The van der Waals surface area contributed by atoms with Gasteiger partial charge in [-0.15, -0.1) is 0 Å². The fraction of sp³-hybridized carbons (Fsp3) is 0.667. The first-order valence-electron chi connectivity index (χ1n) is 2.75. The third kappa shape index (κ3) is 7.14. The van der Waals surface area contributed by atoms with Crippen LogP contribution in [0, 0.1) is 0 Å². The summed E-state index contributed by atoms with van der Waals surface area (Å²) >= 11 is 0. The molecule has 0 saturated heterocycles. The average molecular weight is 180 g/mol. The van der Waals surface area contributed by atoms with Crippen molar-refractivity contribution >= 4 is 6.16 Å². The Hall–Kier alpha value is -0.970. The maximum absolute atomic E-state index is 10.5. The van der Waals surface area contributed by atoms with Crippen molar-refractivity contribution in [3.63, 3.8) is 0 Å². The quantitative estimate of drug-likeness (QED) is 0.182. The van der Waals surface area contributed by atoms with Gasteiger partial charge >= 0.3 is 6.16 Å². The smallest absolute Gasteiger partial charge is 0.385 e. The molecular formula is C3H12N6O3. The average Bonchev–Trinajstić information content (AvgIpc) is 1.49. The van der Waals surface area contributed by atoms with Crippen molar-refractivity contribution in [2.75, 3.05) is 0 Å². The van der Waals surface area contributed by atoms with E-state index < -0.39 is 18.1 Å². The number of carbonyl (C=O) groups excluding carboxylic acids is 1. The van der Waals surface area contributed by atoms with Crippen LogP contribution in [-0.4, -0.2) is 18.1 Å². The molecule has 9 heteroatoms. The molecule has 0 aromatic heterocycles. The molecule has 12 N–H and O–H groups in total. The molecule has 9 nitrogen and oxygen atoms in total. The minimum Gasteiger partial charge on any atom is -0.385 e. The van der Waals surface area contributed by atoms with Gasteiger partial charge in [0, 0.05) is 0 Å². The van der Waals surface area contributed by atoms with Crippen LogP contribution in [0.4, 0.5) is 4.79 Å². The van der Waals surface area contributed by atoms with Gasteiger partial charge in [-0.05, 0) is 0 Å². The lowest BCUT2D eigenvalue weighted by molar-refractivity contribution is -0.0708. The molecule has 72 valence electrons. The number of hydrogen-bond donors (Lipinski definition) is 6. The van der Waals surface area contributed by atoms with Gasteiger partial charge in [0.25, 0.3) is 11.9 Å². The summed E-state index contributed by atoms with van der Waals surface area (Å²) in [5.41, 5.74) is 29.2. The molecule has 0 aromatic carbocycles. The van der Waals surface area contributed by atoms with Crippen molar-refractivity contribution < 1.29 is 14.3 Å². The number of carbonyl (C=O) groups is 1. The molecule has 0 fully saturated rings. The zero-order valence-corrected chi connectivity index (χ0v) is 6.19. The third-order valence-corrected chi connectivity index (χ3v) is 0.520. The van der Waals surface area contributed by atoms with Crippen molar-refractivity contribution in [1.29, 1.82) is 0 Å². The predicted molar refractivity (Wildman–Crippen MR) is 38.2 cm³/mol. The highest BCUT2D eigenvalue weighted by Gasteiger charge is 2.25. The normalized spacial score (nSPS) is 12.5. The van der Waals surface area contributed by atoms with E-state index in [1.807, 2.05) is 0 Å². The topological polar surface area (TPSA) is 192 Å². The van der Waals surface area contributed by atoms with Gasteiger partial charge in [0.05, 0.1) is 0 Å². The maximum atomic E-state index is 10.5. The Bertz CT molecular complexity index is 150. The zero-order chi connectivity index (χ0) is 9.99. The fourth-order valence-electron chi connectivity index (χ4n) is 0.310. The first kappa shape index (κ1) is 11.0. The minimum absolute atomic E-state index is 1.37. The van der Waals surface area contributed by atoms with Crippen LogP contribution in [-0.2, 0) is 9.47 Å². The fourth-order valence-corrected chi connectivity index (χ4v) is 0.310. The standard InChI is InChI=1S/C3H12N6O3/c4-2(5,6)11-1(10)12-3(7,8)9/h4-9H2. The van der Waals surface area contributed by atoms with Crippen molar-refractivity contribution in [3.05, 3.63) is 0 Å². The Morgan fingerprint density at radius 3 is 1.25 bits per heavy atom. The second kappa shape index (κ2) is 3.18. The molecule has 0 spiro atoms. The summed E-state index contributed by atoms with van der Waals surface area (Å²) < 4.78 is 8.09. The summed E-state index contributed by atoms with van der Waals surface area (Å²) in [7, 11) is 0. The van der Waals surface area contributed by atoms with Crippen molar-refractivity contribution in [2.45, 2.75) is 11.9 Å². The Labute approximate surface area is 67.9 Å². The van der Waals surface area contributed by atoms with E-state index in [0.29, 0.717) is 0 Å². The van der Waals surface area contributed by atoms with E-state index in [2.05, 4.69) is 9.47 Å². The van der Waals surface area contributed by atoms with Gasteiger partial charge < -0.3 is 9.47 Å². The largest absolute Gasteiger partial charge is 0.515 e. The summed E-state index contributed by atoms with van der Waals surface area (Å²) in [4.78, 5) is 10.5. The van der Waals surface area contributed by atoms with Crippen LogP contribution in [0.1, 0.15) is 0 Å². The molecule has 0 atom stereocenters. The Morgan fingerprint density at radius 2 is 1.08 bits per heavy atom. The van der Waals surface area contributed by atoms with Crippen LogP contribution in [0.5, 0.6) is 0 Å². The van der Waals surface area contributed by atoms with Crippen LogP contribution in [0.15, 0.2) is 0 Å². The van der Waals surface area contributed by atoms with Crippen LogP contribution in [0.25, 0.3) is 0 Å².